The zero-order valence-corrected chi connectivity index (χ0v) is 12.1. The lowest BCUT2D eigenvalue weighted by molar-refractivity contribution is 0.102. The summed E-state index contributed by atoms with van der Waals surface area (Å²) in [6, 6.07) is 7.82. The van der Waals surface area contributed by atoms with Crippen LogP contribution in [-0.2, 0) is 12.8 Å². The number of carbonyl (C=O) groups excluding carboxylic acids is 1. The van der Waals surface area contributed by atoms with Crippen molar-refractivity contribution >= 4 is 17.3 Å². The van der Waals surface area contributed by atoms with E-state index in [0.29, 0.717) is 11.3 Å². The second-order valence-electron chi connectivity index (χ2n) is 5.52. The summed E-state index contributed by atoms with van der Waals surface area (Å²) in [6.45, 7) is 1.85. The van der Waals surface area contributed by atoms with Crippen LogP contribution in [0.5, 0.6) is 0 Å². The van der Waals surface area contributed by atoms with Crippen molar-refractivity contribution < 1.29 is 4.79 Å². The molecule has 0 bridgehead atoms. The Hall–Kier alpha value is -2.36. The molecule has 0 aliphatic heterocycles. The smallest absolute Gasteiger partial charge is 0.259 e. The van der Waals surface area contributed by atoms with Crippen LogP contribution in [0.4, 0.5) is 11.4 Å². The number of hydrogen-bond donors (Lipinski definition) is 2. The normalized spacial score (nSPS) is 13.6. The van der Waals surface area contributed by atoms with Crippen LogP contribution in [-0.4, -0.2) is 10.9 Å². The maximum absolute atomic E-state index is 12.4. The molecule has 0 spiro atoms. The van der Waals surface area contributed by atoms with Gasteiger partial charge in [0.1, 0.15) is 0 Å². The standard InChI is InChI=1S/C17H19N3O/c1-11-9-15(18)14(10-19-11)17(21)20-16-8-4-6-12-5-2-3-7-13(12)16/h4,6,8-10H,2-3,5,7H2,1H3,(H2,18,19)(H,20,21). The van der Waals surface area contributed by atoms with E-state index in [1.807, 2.05) is 19.1 Å². The average molecular weight is 281 g/mol. The Balaban J connectivity index is 1.88. The SMILES string of the molecule is Cc1cc(N)c(C(=O)Nc2cccc3c2CCCC3)cn1. The zero-order chi connectivity index (χ0) is 14.8. The zero-order valence-electron chi connectivity index (χ0n) is 12.1. The summed E-state index contributed by atoms with van der Waals surface area (Å²) >= 11 is 0. The molecule has 4 nitrogen and oxygen atoms in total. The summed E-state index contributed by atoms with van der Waals surface area (Å²) in [6.07, 6.45) is 6.05. The van der Waals surface area contributed by atoms with Crippen LogP contribution in [0.15, 0.2) is 30.5 Å². The molecule has 1 amide bonds. The molecule has 0 saturated carbocycles. The third-order valence-corrected chi connectivity index (χ3v) is 3.96. The Kier molecular flexibility index (Phi) is 3.60. The summed E-state index contributed by atoms with van der Waals surface area (Å²) < 4.78 is 0. The van der Waals surface area contributed by atoms with E-state index >= 15 is 0 Å². The number of pyridine rings is 1. The molecule has 1 heterocycles. The number of benzene rings is 1. The molecule has 3 N–H and O–H groups in total. The van der Waals surface area contributed by atoms with E-state index in [1.54, 1.807) is 6.07 Å². The number of aryl methyl sites for hydroxylation is 2. The van der Waals surface area contributed by atoms with Gasteiger partial charge in [-0.2, -0.15) is 0 Å². The van der Waals surface area contributed by atoms with E-state index in [1.165, 1.54) is 30.2 Å². The summed E-state index contributed by atoms with van der Waals surface area (Å²) in [5.74, 6) is -0.195. The first-order valence-electron chi connectivity index (χ1n) is 7.29. The Morgan fingerprint density at radius 1 is 1.29 bits per heavy atom. The summed E-state index contributed by atoms with van der Waals surface area (Å²) in [5, 5.41) is 2.99. The van der Waals surface area contributed by atoms with E-state index in [4.69, 9.17) is 5.73 Å². The Labute approximate surface area is 124 Å². The molecule has 0 atom stereocenters. The maximum Gasteiger partial charge on any atom is 0.259 e. The van der Waals surface area contributed by atoms with Crippen molar-refractivity contribution in [2.75, 3.05) is 11.1 Å². The van der Waals surface area contributed by atoms with Crippen molar-refractivity contribution in [3.05, 3.63) is 52.8 Å². The third-order valence-electron chi connectivity index (χ3n) is 3.96. The monoisotopic (exact) mass is 281 g/mol. The Morgan fingerprint density at radius 2 is 2.10 bits per heavy atom. The number of aromatic nitrogens is 1. The largest absolute Gasteiger partial charge is 0.398 e. The minimum absolute atomic E-state index is 0.195. The van der Waals surface area contributed by atoms with Gasteiger partial charge in [0.25, 0.3) is 5.91 Å². The van der Waals surface area contributed by atoms with Gasteiger partial charge in [0.15, 0.2) is 0 Å². The van der Waals surface area contributed by atoms with Gasteiger partial charge in [-0.25, -0.2) is 0 Å². The van der Waals surface area contributed by atoms with Crippen molar-refractivity contribution in [2.24, 2.45) is 0 Å². The Bertz CT molecular complexity index is 694. The molecule has 0 unspecified atom stereocenters. The predicted octanol–water partition coefficient (Wildman–Crippen LogP) is 3.10. The van der Waals surface area contributed by atoms with E-state index in [9.17, 15) is 4.79 Å². The van der Waals surface area contributed by atoms with E-state index in [-0.39, 0.29) is 5.91 Å². The van der Waals surface area contributed by atoms with Crippen LogP contribution in [0.1, 0.15) is 40.0 Å². The number of nitrogens with one attached hydrogen (secondary N) is 1. The van der Waals surface area contributed by atoms with Crippen LogP contribution in [0.3, 0.4) is 0 Å². The van der Waals surface area contributed by atoms with Gasteiger partial charge in [-0.15, -0.1) is 0 Å². The number of nitrogen functional groups attached to an aromatic ring is 1. The maximum atomic E-state index is 12.4. The molecule has 2 aromatic rings. The molecule has 1 aliphatic rings. The summed E-state index contributed by atoms with van der Waals surface area (Å²) in [7, 11) is 0. The highest BCUT2D eigenvalue weighted by Crippen LogP contribution is 2.28. The fourth-order valence-corrected chi connectivity index (χ4v) is 2.86. The molecule has 21 heavy (non-hydrogen) atoms. The van der Waals surface area contributed by atoms with Gasteiger partial charge in [0.05, 0.1) is 5.56 Å². The van der Waals surface area contributed by atoms with Crippen LogP contribution in [0.2, 0.25) is 0 Å². The first kappa shape index (κ1) is 13.6. The summed E-state index contributed by atoms with van der Waals surface area (Å²) in [5.41, 5.74) is 11.1. The van der Waals surface area contributed by atoms with Gasteiger partial charge in [0.2, 0.25) is 0 Å². The third kappa shape index (κ3) is 2.75. The van der Waals surface area contributed by atoms with Gasteiger partial charge in [-0.3, -0.25) is 9.78 Å². The number of fused-ring (bicyclic) bond motifs is 1. The lowest BCUT2D eigenvalue weighted by atomic mass is 9.90. The highest BCUT2D eigenvalue weighted by Gasteiger charge is 2.16. The highest BCUT2D eigenvalue weighted by molar-refractivity contribution is 6.07. The van der Waals surface area contributed by atoms with Gasteiger partial charge in [-0.05, 0) is 55.9 Å². The average Bonchev–Trinajstić information content (AvgIpc) is 2.47. The number of nitrogens with zero attached hydrogens (tertiary/aromatic N) is 1. The fraction of sp³-hybridized carbons (Fsp3) is 0.294. The van der Waals surface area contributed by atoms with Crippen LogP contribution in [0, 0.1) is 6.92 Å². The van der Waals surface area contributed by atoms with E-state index in [0.717, 1.165) is 24.2 Å². The molecule has 1 aromatic heterocycles. The molecular formula is C17H19N3O. The molecule has 0 radical (unpaired) electrons. The first-order chi connectivity index (χ1) is 10.1. The molecule has 0 saturated heterocycles. The topological polar surface area (TPSA) is 68.0 Å². The minimum atomic E-state index is -0.195. The second kappa shape index (κ2) is 5.56. The Morgan fingerprint density at radius 3 is 2.90 bits per heavy atom. The summed E-state index contributed by atoms with van der Waals surface area (Å²) in [4.78, 5) is 16.6. The molecule has 0 fully saturated rings. The van der Waals surface area contributed by atoms with Gasteiger partial charge in [-0.1, -0.05) is 12.1 Å². The number of hydrogen-bond acceptors (Lipinski definition) is 3. The van der Waals surface area contributed by atoms with Crippen LogP contribution in [0.25, 0.3) is 0 Å². The van der Waals surface area contributed by atoms with Gasteiger partial charge >= 0.3 is 0 Å². The van der Waals surface area contributed by atoms with Crippen molar-refractivity contribution in [1.29, 1.82) is 0 Å². The fourth-order valence-electron chi connectivity index (χ4n) is 2.86. The highest BCUT2D eigenvalue weighted by atomic mass is 16.1. The van der Waals surface area contributed by atoms with Gasteiger partial charge < -0.3 is 11.1 Å². The molecule has 4 heteroatoms. The lowest BCUT2D eigenvalue weighted by Gasteiger charge is -2.19. The number of carbonyl (C=O) groups is 1. The predicted molar refractivity (Wildman–Crippen MR) is 84.4 cm³/mol. The van der Waals surface area contributed by atoms with Gasteiger partial charge in [0, 0.05) is 23.3 Å². The lowest BCUT2D eigenvalue weighted by Crippen LogP contribution is -2.17. The molecule has 1 aromatic carbocycles. The molecule has 1 aliphatic carbocycles. The van der Waals surface area contributed by atoms with E-state index in [2.05, 4.69) is 16.4 Å². The molecular weight excluding hydrogens is 262 g/mol. The van der Waals surface area contributed by atoms with Crippen LogP contribution >= 0.6 is 0 Å². The van der Waals surface area contributed by atoms with Crippen LogP contribution < -0.4 is 11.1 Å². The van der Waals surface area contributed by atoms with Crippen molar-refractivity contribution in [3.63, 3.8) is 0 Å². The van der Waals surface area contributed by atoms with Crippen molar-refractivity contribution in [2.45, 2.75) is 32.6 Å². The quantitative estimate of drug-likeness (QED) is 0.888. The second-order valence-corrected chi connectivity index (χ2v) is 5.52. The number of rotatable bonds is 2. The number of anilines is 2. The molecule has 3 rings (SSSR count). The first-order valence-corrected chi connectivity index (χ1v) is 7.29. The number of nitrogens with two attached hydrogens (primary N) is 1. The molecule has 108 valence electrons. The number of amides is 1. The minimum Gasteiger partial charge on any atom is -0.398 e. The van der Waals surface area contributed by atoms with E-state index < -0.39 is 0 Å². The van der Waals surface area contributed by atoms with Crippen molar-refractivity contribution in [3.8, 4) is 0 Å². The van der Waals surface area contributed by atoms with Crippen molar-refractivity contribution in [1.82, 2.24) is 4.98 Å².